The van der Waals surface area contributed by atoms with Gasteiger partial charge in [0.25, 0.3) is 0 Å². The fourth-order valence-electron chi connectivity index (χ4n) is 2.33. The van der Waals surface area contributed by atoms with E-state index in [1.165, 1.54) is 10.0 Å². The van der Waals surface area contributed by atoms with Gasteiger partial charge in [0.15, 0.2) is 0 Å². The molecule has 0 unspecified atom stereocenters. The van der Waals surface area contributed by atoms with E-state index < -0.39 is 0 Å². The Balaban J connectivity index is 2.02. The molecule has 1 aliphatic heterocycles. The maximum absolute atomic E-state index is 5.63. The molecule has 2 rings (SSSR count). The smallest absolute Gasteiger partial charge is 0.0475 e. The van der Waals surface area contributed by atoms with Crippen molar-refractivity contribution in [3.8, 4) is 0 Å². The lowest BCUT2D eigenvalue weighted by Crippen LogP contribution is -2.57. The molecule has 0 saturated carbocycles. The van der Waals surface area contributed by atoms with Crippen LogP contribution in [0.1, 0.15) is 25.3 Å². The number of benzene rings is 1. The number of ether oxygens (including phenoxy) is 1. The molecule has 1 aliphatic rings. The molecular weight excluding hydrogens is 278 g/mol. The van der Waals surface area contributed by atoms with E-state index in [4.69, 9.17) is 4.74 Å². The first-order valence-corrected chi connectivity index (χ1v) is 7.11. The molecule has 1 aromatic carbocycles. The molecule has 0 atom stereocenters. The summed E-state index contributed by atoms with van der Waals surface area (Å²) in [6, 6.07) is 8.54. The molecule has 1 fully saturated rings. The molecule has 1 heterocycles. The summed E-state index contributed by atoms with van der Waals surface area (Å²) in [5.41, 5.74) is 1.69. The number of hydrogen-bond acceptors (Lipinski definition) is 2. The average molecular weight is 298 g/mol. The van der Waals surface area contributed by atoms with E-state index in [1.54, 1.807) is 0 Å². The van der Waals surface area contributed by atoms with Gasteiger partial charge >= 0.3 is 0 Å². The predicted molar refractivity (Wildman–Crippen MR) is 74.4 cm³/mol. The standard InChI is InChI=1S/C14H20BrNO/c1-2-8-17-9-7-14(10-16-11-14)12-5-3-4-6-13(12)15/h3-6,16H,2,7-11H2,1H3. The largest absolute Gasteiger partial charge is 0.381 e. The van der Waals surface area contributed by atoms with Gasteiger partial charge in [0.05, 0.1) is 0 Å². The van der Waals surface area contributed by atoms with Crippen molar-refractivity contribution < 1.29 is 4.74 Å². The molecule has 0 amide bonds. The Morgan fingerprint density at radius 1 is 1.29 bits per heavy atom. The van der Waals surface area contributed by atoms with Crippen LogP contribution in [-0.2, 0) is 10.2 Å². The van der Waals surface area contributed by atoms with Crippen LogP contribution >= 0.6 is 15.9 Å². The van der Waals surface area contributed by atoms with E-state index in [0.717, 1.165) is 39.1 Å². The van der Waals surface area contributed by atoms with Gasteiger partial charge < -0.3 is 10.1 Å². The molecule has 1 N–H and O–H groups in total. The normalized spacial score (nSPS) is 17.8. The van der Waals surface area contributed by atoms with Gasteiger partial charge in [-0.05, 0) is 24.5 Å². The zero-order valence-corrected chi connectivity index (χ0v) is 11.9. The van der Waals surface area contributed by atoms with Crippen molar-refractivity contribution in [2.75, 3.05) is 26.3 Å². The molecule has 0 radical (unpaired) electrons. The predicted octanol–water partition coefficient (Wildman–Crippen LogP) is 3.11. The van der Waals surface area contributed by atoms with Gasteiger partial charge in [0.1, 0.15) is 0 Å². The molecular formula is C14H20BrNO. The Hall–Kier alpha value is -0.380. The number of halogens is 1. The van der Waals surface area contributed by atoms with E-state index in [9.17, 15) is 0 Å². The van der Waals surface area contributed by atoms with Gasteiger partial charge in [0.2, 0.25) is 0 Å². The van der Waals surface area contributed by atoms with Gasteiger partial charge in [-0.1, -0.05) is 41.1 Å². The molecule has 0 aromatic heterocycles. The fourth-order valence-corrected chi connectivity index (χ4v) is 3.04. The van der Waals surface area contributed by atoms with Gasteiger partial charge in [-0.3, -0.25) is 0 Å². The van der Waals surface area contributed by atoms with Gasteiger partial charge in [0, 0.05) is 36.2 Å². The van der Waals surface area contributed by atoms with E-state index >= 15 is 0 Å². The number of rotatable bonds is 6. The summed E-state index contributed by atoms with van der Waals surface area (Å²) in [6.07, 6.45) is 2.20. The highest BCUT2D eigenvalue weighted by molar-refractivity contribution is 9.10. The zero-order chi connectivity index (χ0) is 12.1. The van der Waals surface area contributed by atoms with E-state index in [2.05, 4.69) is 52.4 Å². The monoisotopic (exact) mass is 297 g/mol. The highest BCUT2D eigenvalue weighted by Crippen LogP contribution is 2.36. The minimum atomic E-state index is 0.272. The van der Waals surface area contributed by atoms with Crippen molar-refractivity contribution in [3.63, 3.8) is 0 Å². The quantitative estimate of drug-likeness (QED) is 0.815. The van der Waals surface area contributed by atoms with Crippen molar-refractivity contribution in [3.05, 3.63) is 34.3 Å². The van der Waals surface area contributed by atoms with Crippen LogP contribution in [0, 0.1) is 0 Å². The van der Waals surface area contributed by atoms with Crippen LogP contribution in [0.3, 0.4) is 0 Å². The number of hydrogen-bond donors (Lipinski definition) is 1. The Morgan fingerprint density at radius 3 is 2.65 bits per heavy atom. The second-order valence-corrected chi connectivity index (χ2v) is 5.58. The second kappa shape index (κ2) is 5.98. The molecule has 94 valence electrons. The Bertz CT molecular complexity index is 363. The zero-order valence-electron chi connectivity index (χ0n) is 10.3. The van der Waals surface area contributed by atoms with Gasteiger partial charge in [-0.25, -0.2) is 0 Å². The third-order valence-electron chi connectivity index (χ3n) is 3.45. The summed E-state index contributed by atoms with van der Waals surface area (Å²) < 4.78 is 6.85. The number of nitrogens with one attached hydrogen (secondary N) is 1. The summed E-state index contributed by atoms with van der Waals surface area (Å²) >= 11 is 3.66. The van der Waals surface area contributed by atoms with Crippen LogP contribution in [0.15, 0.2) is 28.7 Å². The first-order chi connectivity index (χ1) is 8.28. The lowest BCUT2D eigenvalue weighted by atomic mass is 9.73. The van der Waals surface area contributed by atoms with Crippen molar-refractivity contribution >= 4 is 15.9 Å². The van der Waals surface area contributed by atoms with Gasteiger partial charge in [-0.15, -0.1) is 0 Å². The maximum atomic E-state index is 5.63. The lowest BCUT2D eigenvalue weighted by molar-refractivity contribution is 0.0995. The summed E-state index contributed by atoms with van der Waals surface area (Å²) in [5.74, 6) is 0. The average Bonchev–Trinajstić information content (AvgIpc) is 2.29. The summed E-state index contributed by atoms with van der Waals surface area (Å²) in [5, 5.41) is 3.39. The third-order valence-corrected chi connectivity index (χ3v) is 4.14. The molecule has 3 heteroatoms. The third kappa shape index (κ3) is 2.90. The van der Waals surface area contributed by atoms with Crippen LogP contribution in [0.2, 0.25) is 0 Å². The van der Waals surface area contributed by atoms with Crippen LogP contribution in [0.4, 0.5) is 0 Å². The van der Waals surface area contributed by atoms with Crippen LogP contribution in [-0.4, -0.2) is 26.3 Å². The lowest BCUT2D eigenvalue weighted by Gasteiger charge is -2.44. The van der Waals surface area contributed by atoms with Gasteiger partial charge in [-0.2, -0.15) is 0 Å². The first kappa shape index (κ1) is 13.1. The van der Waals surface area contributed by atoms with Crippen molar-refractivity contribution in [1.29, 1.82) is 0 Å². The van der Waals surface area contributed by atoms with E-state index in [-0.39, 0.29) is 5.41 Å². The summed E-state index contributed by atoms with van der Waals surface area (Å²) in [4.78, 5) is 0. The fraction of sp³-hybridized carbons (Fsp3) is 0.571. The Kier molecular flexibility index (Phi) is 4.60. The highest BCUT2D eigenvalue weighted by Gasteiger charge is 2.39. The first-order valence-electron chi connectivity index (χ1n) is 6.32. The molecule has 0 bridgehead atoms. The van der Waals surface area contributed by atoms with Crippen molar-refractivity contribution in [2.24, 2.45) is 0 Å². The molecule has 0 spiro atoms. The Labute approximate surface area is 112 Å². The van der Waals surface area contributed by atoms with Crippen LogP contribution < -0.4 is 5.32 Å². The molecule has 17 heavy (non-hydrogen) atoms. The Morgan fingerprint density at radius 2 is 2.06 bits per heavy atom. The summed E-state index contributed by atoms with van der Waals surface area (Å²) in [7, 11) is 0. The topological polar surface area (TPSA) is 21.3 Å². The molecule has 0 aliphatic carbocycles. The highest BCUT2D eigenvalue weighted by atomic mass is 79.9. The molecule has 1 aromatic rings. The van der Waals surface area contributed by atoms with E-state index in [0.29, 0.717) is 0 Å². The maximum Gasteiger partial charge on any atom is 0.0475 e. The summed E-state index contributed by atoms with van der Waals surface area (Å²) in [6.45, 7) is 6.00. The second-order valence-electron chi connectivity index (χ2n) is 4.73. The van der Waals surface area contributed by atoms with Crippen molar-refractivity contribution in [1.82, 2.24) is 5.32 Å². The van der Waals surface area contributed by atoms with Crippen LogP contribution in [0.5, 0.6) is 0 Å². The van der Waals surface area contributed by atoms with Crippen LogP contribution in [0.25, 0.3) is 0 Å². The SMILES string of the molecule is CCCOCCC1(c2ccccc2Br)CNC1. The molecule has 2 nitrogen and oxygen atoms in total. The minimum absolute atomic E-state index is 0.272. The minimum Gasteiger partial charge on any atom is -0.381 e. The van der Waals surface area contributed by atoms with Crippen molar-refractivity contribution in [2.45, 2.75) is 25.2 Å². The van der Waals surface area contributed by atoms with E-state index in [1.807, 2.05) is 0 Å². The molecule has 1 saturated heterocycles.